The smallest absolute Gasteiger partial charge is 0.253 e. The van der Waals surface area contributed by atoms with Crippen LogP contribution in [0.5, 0.6) is 0 Å². The summed E-state index contributed by atoms with van der Waals surface area (Å²) in [5.74, 6) is 0.638. The summed E-state index contributed by atoms with van der Waals surface area (Å²) in [5.41, 5.74) is 1.67. The van der Waals surface area contributed by atoms with E-state index in [0.29, 0.717) is 12.0 Å². The molecule has 1 aliphatic rings. The standard InChI is InChI=1S/C16H24N2O/c1-3-17-15-11-7-5-9-13(15)16(19)18-14-10-6-4-8-12(14)2/h5,7,9,11-12,14,17H,3-4,6,8,10H2,1-2H3,(H,18,19). The minimum atomic E-state index is 0.0512. The summed E-state index contributed by atoms with van der Waals surface area (Å²) in [6.45, 7) is 5.10. The highest BCUT2D eigenvalue weighted by Gasteiger charge is 2.23. The second kappa shape index (κ2) is 6.60. The molecule has 104 valence electrons. The van der Waals surface area contributed by atoms with E-state index < -0.39 is 0 Å². The van der Waals surface area contributed by atoms with Gasteiger partial charge in [-0.3, -0.25) is 4.79 Å². The maximum atomic E-state index is 12.4. The highest BCUT2D eigenvalue weighted by Crippen LogP contribution is 2.24. The van der Waals surface area contributed by atoms with Crippen molar-refractivity contribution >= 4 is 11.6 Å². The van der Waals surface area contributed by atoms with Gasteiger partial charge < -0.3 is 10.6 Å². The van der Waals surface area contributed by atoms with E-state index in [4.69, 9.17) is 0 Å². The van der Waals surface area contributed by atoms with E-state index in [1.54, 1.807) is 0 Å². The predicted octanol–water partition coefficient (Wildman–Crippen LogP) is 3.43. The first-order chi connectivity index (χ1) is 9.22. The molecule has 2 unspecified atom stereocenters. The average molecular weight is 260 g/mol. The molecule has 0 bridgehead atoms. The molecular weight excluding hydrogens is 236 g/mol. The van der Waals surface area contributed by atoms with Crippen molar-refractivity contribution in [2.24, 2.45) is 5.92 Å². The SMILES string of the molecule is CCNc1ccccc1C(=O)NC1CCCCC1C. The van der Waals surface area contributed by atoms with Crippen molar-refractivity contribution in [2.45, 2.75) is 45.6 Å². The predicted molar refractivity (Wildman–Crippen MR) is 79.5 cm³/mol. The third kappa shape index (κ3) is 3.49. The lowest BCUT2D eigenvalue weighted by Crippen LogP contribution is -2.41. The minimum absolute atomic E-state index is 0.0512. The Labute approximate surface area is 115 Å². The number of carbonyl (C=O) groups excluding carboxylic acids is 1. The maximum Gasteiger partial charge on any atom is 0.253 e. The molecule has 1 aliphatic carbocycles. The van der Waals surface area contributed by atoms with Crippen molar-refractivity contribution in [1.82, 2.24) is 5.32 Å². The molecule has 0 saturated heterocycles. The van der Waals surface area contributed by atoms with Crippen LogP contribution in [0, 0.1) is 5.92 Å². The topological polar surface area (TPSA) is 41.1 Å². The fraction of sp³-hybridized carbons (Fsp3) is 0.562. The summed E-state index contributed by atoms with van der Waals surface area (Å²) in [5, 5.41) is 6.45. The number of para-hydroxylation sites is 1. The molecule has 3 heteroatoms. The van der Waals surface area contributed by atoms with Crippen LogP contribution in [0.2, 0.25) is 0 Å². The van der Waals surface area contributed by atoms with E-state index in [2.05, 4.69) is 17.6 Å². The van der Waals surface area contributed by atoms with Gasteiger partial charge in [0.1, 0.15) is 0 Å². The van der Waals surface area contributed by atoms with Crippen LogP contribution in [-0.2, 0) is 0 Å². The Morgan fingerprint density at radius 3 is 2.74 bits per heavy atom. The highest BCUT2D eigenvalue weighted by molar-refractivity contribution is 5.99. The van der Waals surface area contributed by atoms with Crippen molar-refractivity contribution in [2.75, 3.05) is 11.9 Å². The second-order valence-corrected chi connectivity index (χ2v) is 5.42. The van der Waals surface area contributed by atoms with Gasteiger partial charge in [0.05, 0.1) is 5.56 Å². The monoisotopic (exact) mass is 260 g/mol. The zero-order valence-corrected chi connectivity index (χ0v) is 11.9. The molecular formula is C16H24N2O. The quantitative estimate of drug-likeness (QED) is 0.871. The number of carbonyl (C=O) groups is 1. The van der Waals surface area contributed by atoms with E-state index in [9.17, 15) is 4.79 Å². The minimum Gasteiger partial charge on any atom is -0.385 e. The summed E-state index contributed by atoms with van der Waals surface area (Å²) in [6.07, 6.45) is 4.85. The van der Waals surface area contributed by atoms with Gasteiger partial charge in [-0.15, -0.1) is 0 Å². The number of hydrogen-bond donors (Lipinski definition) is 2. The van der Waals surface area contributed by atoms with E-state index in [0.717, 1.165) is 24.2 Å². The van der Waals surface area contributed by atoms with Crippen molar-refractivity contribution in [1.29, 1.82) is 0 Å². The molecule has 2 rings (SSSR count). The number of nitrogens with one attached hydrogen (secondary N) is 2. The normalized spacial score (nSPS) is 22.8. The van der Waals surface area contributed by atoms with E-state index in [1.165, 1.54) is 19.3 Å². The molecule has 2 N–H and O–H groups in total. The Morgan fingerprint density at radius 1 is 1.26 bits per heavy atom. The number of benzene rings is 1. The zero-order chi connectivity index (χ0) is 13.7. The molecule has 0 heterocycles. The summed E-state index contributed by atoms with van der Waals surface area (Å²) in [4.78, 5) is 12.4. The van der Waals surface area contributed by atoms with E-state index >= 15 is 0 Å². The molecule has 3 nitrogen and oxygen atoms in total. The second-order valence-electron chi connectivity index (χ2n) is 5.42. The molecule has 1 saturated carbocycles. The van der Waals surface area contributed by atoms with Crippen molar-refractivity contribution < 1.29 is 4.79 Å². The van der Waals surface area contributed by atoms with Gasteiger partial charge in [-0.25, -0.2) is 0 Å². The molecule has 1 aromatic rings. The van der Waals surface area contributed by atoms with Crippen LogP contribution < -0.4 is 10.6 Å². The lowest BCUT2D eigenvalue weighted by molar-refractivity contribution is 0.0911. The van der Waals surface area contributed by atoms with Gasteiger partial charge in [0.25, 0.3) is 5.91 Å². The first-order valence-corrected chi connectivity index (χ1v) is 7.36. The Kier molecular flexibility index (Phi) is 4.83. The lowest BCUT2D eigenvalue weighted by atomic mass is 9.86. The Bertz CT molecular complexity index is 431. The lowest BCUT2D eigenvalue weighted by Gasteiger charge is -2.29. The third-order valence-electron chi connectivity index (χ3n) is 3.97. The molecule has 0 radical (unpaired) electrons. The molecule has 0 spiro atoms. The van der Waals surface area contributed by atoms with Crippen LogP contribution in [0.25, 0.3) is 0 Å². The van der Waals surface area contributed by atoms with E-state index in [-0.39, 0.29) is 5.91 Å². The van der Waals surface area contributed by atoms with Gasteiger partial charge in [0.2, 0.25) is 0 Å². The average Bonchev–Trinajstić information content (AvgIpc) is 2.42. The Balaban J connectivity index is 2.06. The van der Waals surface area contributed by atoms with Crippen LogP contribution >= 0.6 is 0 Å². The third-order valence-corrected chi connectivity index (χ3v) is 3.97. The number of hydrogen-bond acceptors (Lipinski definition) is 2. The van der Waals surface area contributed by atoms with Gasteiger partial charge in [-0.2, -0.15) is 0 Å². The number of anilines is 1. The number of rotatable bonds is 4. The van der Waals surface area contributed by atoms with Crippen LogP contribution in [-0.4, -0.2) is 18.5 Å². The summed E-state index contributed by atoms with van der Waals surface area (Å²) in [7, 11) is 0. The fourth-order valence-corrected chi connectivity index (χ4v) is 2.80. The van der Waals surface area contributed by atoms with E-state index in [1.807, 2.05) is 31.2 Å². The molecule has 0 aromatic heterocycles. The van der Waals surface area contributed by atoms with Crippen molar-refractivity contribution in [3.63, 3.8) is 0 Å². The van der Waals surface area contributed by atoms with Gasteiger partial charge in [0, 0.05) is 18.3 Å². The van der Waals surface area contributed by atoms with Gasteiger partial charge in [-0.05, 0) is 37.8 Å². The summed E-state index contributed by atoms with van der Waals surface area (Å²) < 4.78 is 0. The molecule has 1 amide bonds. The van der Waals surface area contributed by atoms with Crippen LogP contribution in [0.15, 0.2) is 24.3 Å². The Morgan fingerprint density at radius 2 is 2.00 bits per heavy atom. The van der Waals surface area contributed by atoms with Gasteiger partial charge in [-0.1, -0.05) is 31.9 Å². The van der Waals surface area contributed by atoms with Crippen LogP contribution in [0.3, 0.4) is 0 Å². The first-order valence-electron chi connectivity index (χ1n) is 7.36. The van der Waals surface area contributed by atoms with Crippen molar-refractivity contribution in [3.05, 3.63) is 29.8 Å². The molecule has 0 aliphatic heterocycles. The zero-order valence-electron chi connectivity index (χ0n) is 11.9. The highest BCUT2D eigenvalue weighted by atomic mass is 16.1. The number of amides is 1. The van der Waals surface area contributed by atoms with Crippen LogP contribution in [0.4, 0.5) is 5.69 Å². The van der Waals surface area contributed by atoms with Crippen molar-refractivity contribution in [3.8, 4) is 0 Å². The molecule has 2 atom stereocenters. The first kappa shape index (κ1) is 13.9. The van der Waals surface area contributed by atoms with Crippen LogP contribution in [0.1, 0.15) is 49.9 Å². The maximum absolute atomic E-state index is 12.4. The molecule has 1 aromatic carbocycles. The van der Waals surface area contributed by atoms with Gasteiger partial charge in [0.15, 0.2) is 0 Å². The Hall–Kier alpha value is -1.51. The largest absolute Gasteiger partial charge is 0.385 e. The fourth-order valence-electron chi connectivity index (χ4n) is 2.80. The molecule has 19 heavy (non-hydrogen) atoms. The summed E-state index contributed by atoms with van der Waals surface area (Å²) >= 11 is 0. The molecule has 1 fully saturated rings. The summed E-state index contributed by atoms with van der Waals surface area (Å²) in [6, 6.07) is 8.05. The van der Waals surface area contributed by atoms with Gasteiger partial charge >= 0.3 is 0 Å².